The van der Waals surface area contributed by atoms with E-state index in [0.29, 0.717) is 6.42 Å². The molecule has 0 bridgehead atoms. The summed E-state index contributed by atoms with van der Waals surface area (Å²) in [6.45, 7) is 0.0611. The molecule has 2 aromatic rings. The van der Waals surface area contributed by atoms with Gasteiger partial charge in [-0.25, -0.2) is 4.98 Å². The maximum absolute atomic E-state index is 9.27. The van der Waals surface area contributed by atoms with Gasteiger partial charge >= 0.3 is 0 Å². The Morgan fingerprint density at radius 1 is 1.41 bits per heavy atom. The van der Waals surface area contributed by atoms with E-state index in [1.54, 1.807) is 0 Å². The first kappa shape index (κ1) is 11.9. The molecule has 1 heterocycles. The maximum atomic E-state index is 9.27. The maximum Gasteiger partial charge on any atom is 0.181 e. The topological polar surface area (TPSA) is 69.7 Å². The molecule has 0 aliphatic rings. The highest BCUT2D eigenvalue weighted by Crippen LogP contribution is 2.22. The minimum atomic E-state index is -0.0969. The van der Waals surface area contributed by atoms with Crippen molar-refractivity contribution in [1.29, 1.82) is 0 Å². The highest BCUT2D eigenvalue weighted by Gasteiger charge is 2.14. The number of anilines is 1. The molecule has 2 rings (SSSR count). The molecule has 5 heteroatoms. The first-order valence-electron chi connectivity index (χ1n) is 5.54. The first-order chi connectivity index (χ1) is 8.26. The van der Waals surface area contributed by atoms with E-state index in [4.69, 9.17) is 9.52 Å². The van der Waals surface area contributed by atoms with Gasteiger partial charge in [0.05, 0.1) is 12.6 Å². The average molecular weight is 236 g/mol. The molecule has 2 N–H and O–H groups in total. The third-order valence-electron chi connectivity index (χ3n) is 2.94. The van der Waals surface area contributed by atoms with Gasteiger partial charge in [0.25, 0.3) is 0 Å². The number of nitrogens with zero attached hydrogens (tertiary/aromatic N) is 2. The zero-order valence-corrected chi connectivity index (χ0v) is 9.71. The van der Waals surface area contributed by atoms with Gasteiger partial charge in [-0.05, 0) is 18.6 Å². The van der Waals surface area contributed by atoms with Gasteiger partial charge in [0.15, 0.2) is 12.0 Å². The lowest BCUT2D eigenvalue weighted by atomic mass is 10.1. The Labute approximate surface area is 99.3 Å². The van der Waals surface area contributed by atoms with Crippen molar-refractivity contribution < 1.29 is 14.6 Å². The monoisotopic (exact) mass is 236 g/mol. The van der Waals surface area contributed by atoms with Crippen molar-refractivity contribution in [1.82, 2.24) is 4.98 Å². The van der Waals surface area contributed by atoms with Crippen LogP contribution in [0.2, 0.25) is 0 Å². The molecule has 17 heavy (non-hydrogen) atoms. The predicted octanol–water partition coefficient (Wildman–Crippen LogP) is 1.01. The Hall–Kier alpha value is -1.59. The van der Waals surface area contributed by atoms with Gasteiger partial charge in [-0.15, -0.1) is 0 Å². The molecule has 1 atom stereocenters. The molecule has 1 aromatic heterocycles. The van der Waals surface area contributed by atoms with Crippen LogP contribution in [0.1, 0.15) is 6.42 Å². The lowest BCUT2D eigenvalue weighted by molar-refractivity contribution is 0.218. The van der Waals surface area contributed by atoms with E-state index in [1.165, 1.54) is 6.39 Å². The van der Waals surface area contributed by atoms with E-state index < -0.39 is 0 Å². The van der Waals surface area contributed by atoms with Crippen LogP contribution in [0.25, 0.3) is 11.1 Å². The number of hydrogen-bond donors (Lipinski definition) is 2. The van der Waals surface area contributed by atoms with Gasteiger partial charge in [0.1, 0.15) is 5.52 Å². The molecular weight excluding hydrogens is 220 g/mol. The molecule has 0 saturated heterocycles. The van der Waals surface area contributed by atoms with Crippen LogP contribution in [-0.4, -0.2) is 41.5 Å². The third-order valence-corrected chi connectivity index (χ3v) is 2.94. The van der Waals surface area contributed by atoms with Gasteiger partial charge in [0, 0.05) is 25.4 Å². The largest absolute Gasteiger partial charge is 0.443 e. The van der Waals surface area contributed by atoms with Crippen LogP contribution in [0, 0.1) is 0 Å². The summed E-state index contributed by atoms with van der Waals surface area (Å²) in [7, 11) is 1.88. The van der Waals surface area contributed by atoms with Crippen molar-refractivity contribution in [3.8, 4) is 0 Å². The fourth-order valence-electron chi connectivity index (χ4n) is 1.83. The second-order valence-electron chi connectivity index (χ2n) is 3.96. The van der Waals surface area contributed by atoms with Gasteiger partial charge in [-0.1, -0.05) is 0 Å². The highest BCUT2D eigenvalue weighted by atomic mass is 16.3. The summed E-state index contributed by atoms with van der Waals surface area (Å²) >= 11 is 0. The van der Waals surface area contributed by atoms with Crippen molar-refractivity contribution in [2.75, 3.05) is 25.2 Å². The number of aromatic nitrogens is 1. The molecule has 1 unspecified atom stereocenters. The van der Waals surface area contributed by atoms with Crippen LogP contribution in [0.4, 0.5) is 5.69 Å². The number of fused-ring (bicyclic) bond motifs is 1. The van der Waals surface area contributed by atoms with Crippen molar-refractivity contribution >= 4 is 16.8 Å². The van der Waals surface area contributed by atoms with Gasteiger partial charge in [0.2, 0.25) is 0 Å². The average Bonchev–Trinajstić information content (AvgIpc) is 2.82. The highest BCUT2D eigenvalue weighted by molar-refractivity contribution is 5.77. The number of likely N-dealkylation sites (N-methyl/N-ethyl adjacent to an activating group) is 1. The van der Waals surface area contributed by atoms with Crippen LogP contribution in [0.5, 0.6) is 0 Å². The smallest absolute Gasteiger partial charge is 0.181 e. The minimum absolute atomic E-state index is 0.00546. The minimum Gasteiger partial charge on any atom is -0.443 e. The van der Waals surface area contributed by atoms with E-state index in [-0.39, 0.29) is 19.3 Å². The summed E-state index contributed by atoms with van der Waals surface area (Å²) in [5.74, 6) is 0. The van der Waals surface area contributed by atoms with Crippen molar-refractivity contribution in [2.45, 2.75) is 12.5 Å². The summed E-state index contributed by atoms with van der Waals surface area (Å²) in [5.41, 5.74) is 2.46. The molecule has 0 radical (unpaired) electrons. The van der Waals surface area contributed by atoms with Crippen LogP contribution in [0.15, 0.2) is 29.0 Å². The van der Waals surface area contributed by atoms with Gasteiger partial charge in [-0.3, -0.25) is 0 Å². The Bertz CT molecular complexity index is 483. The van der Waals surface area contributed by atoms with E-state index in [2.05, 4.69) is 4.98 Å². The Kier molecular flexibility index (Phi) is 3.61. The number of aliphatic hydroxyl groups is 2. The van der Waals surface area contributed by atoms with E-state index in [0.717, 1.165) is 16.8 Å². The van der Waals surface area contributed by atoms with Gasteiger partial charge < -0.3 is 19.5 Å². The Balaban J connectivity index is 2.24. The van der Waals surface area contributed by atoms with Crippen LogP contribution in [-0.2, 0) is 0 Å². The SMILES string of the molecule is CN(c1ccc2ncoc2c1)C(CO)CCO. The van der Waals surface area contributed by atoms with Crippen molar-refractivity contribution in [2.24, 2.45) is 0 Å². The quantitative estimate of drug-likeness (QED) is 0.810. The molecule has 0 aliphatic carbocycles. The zero-order valence-electron chi connectivity index (χ0n) is 9.71. The fourth-order valence-corrected chi connectivity index (χ4v) is 1.83. The normalized spacial score (nSPS) is 12.9. The molecule has 0 amide bonds. The molecule has 1 aromatic carbocycles. The lowest BCUT2D eigenvalue weighted by Gasteiger charge is -2.28. The number of aliphatic hydroxyl groups excluding tert-OH is 2. The van der Waals surface area contributed by atoms with Crippen molar-refractivity contribution in [3.63, 3.8) is 0 Å². The molecule has 5 nitrogen and oxygen atoms in total. The Morgan fingerprint density at radius 2 is 2.24 bits per heavy atom. The zero-order chi connectivity index (χ0) is 12.3. The Morgan fingerprint density at radius 3 is 2.94 bits per heavy atom. The first-order valence-corrected chi connectivity index (χ1v) is 5.54. The van der Waals surface area contributed by atoms with Crippen LogP contribution in [0.3, 0.4) is 0 Å². The van der Waals surface area contributed by atoms with E-state index in [1.807, 2.05) is 30.1 Å². The molecule has 0 fully saturated rings. The molecule has 0 saturated carbocycles. The summed E-state index contributed by atoms with van der Waals surface area (Å²) < 4.78 is 5.23. The number of benzene rings is 1. The summed E-state index contributed by atoms with van der Waals surface area (Å²) in [4.78, 5) is 5.97. The van der Waals surface area contributed by atoms with Crippen LogP contribution >= 0.6 is 0 Å². The van der Waals surface area contributed by atoms with E-state index >= 15 is 0 Å². The van der Waals surface area contributed by atoms with Gasteiger partial charge in [-0.2, -0.15) is 0 Å². The predicted molar refractivity (Wildman–Crippen MR) is 65.0 cm³/mol. The number of oxazole rings is 1. The third kappa shape index (κ3) is 2.40. The fraction of sp³-hybridized carbons (Fsp3) is 0.417. The second-order valence-corrected chi connectivity index (χ2v) is 3.96. The van der Waals surface area contributed by atoms with Crippen molar-refractivity contribution in [3.05, 3.63) is 24.6 Å². The lowest BCUT2D eigenvalue weighted by Crippen LogP contribution is -2.35. The summed E-state index contributed by atoms with van der Waals surface area (Å²) in [6.07, 6.45) is 1.94. The molecule has 92 valence electrons. The van der Waals surface area contributed by atoms with Crippen LogP contribution < -0.4 is 4.90 Å². The number of hydrogen-bond acceptors (Lipinski definition) is 5. The van der Waals surface area contributed by atoms with E-state index in [9.17, 15) is 5.11 Å². The molecular formula is C12H16N2O3. The number of rotatable bonds is 5. The second kappa shape index (κ2) is 5.16. The standard InChI is InChI=1S/C12H16N2O3/c1-14(10(7-16)4-5-15)9-2-3-11-12(6-9)17-8-13-11/h2-3,6,8,10,15-16H,4-5,7H2,1H3. The summed E-state index contributed by atoms with van der Waals surface area (Å²) in [6, 6.07) is 5.58. The summed E-state index contributed by atoms with van der Waals surface area (Å²) in [5, 5.41) is 18.2. The molecule has 0 spiro atoms. The molecule has 0 aliphatic heterocycles.